The van der Waals surface area contributed by atoms with Crippen molar-refractivity contribution in [2.24, 2.45) is 17.6 Å². The van der Waals surface area contributed by atoms with Crippen LogP contribution in [-0.2, 0) is 9.47 Å². The molecular weight excluding hydrogens is 482 g/mol. The third-order valence-electron chi connectivity index (χ3n) is 8.35. The van der Waals surface area contributed by atoms with Gasteiger partial charge in [-0.1, -0.05) is 62.4 Å². The Labute approximate surface area is 226 Å². The maximum Gasteiger partial charge on any atom is 0.253 e. The molecule has 0 aromatic heterocycles. The summed E-state index contributed by atoms with van der Waals surface area (Å²) in [6.07, 6.45) is 8.51. The van der Waals surface area contributed by atoms with Crippen LogP contribution >= 0.6 is 0 Å². The van der Waals surface area contributed by atoms with E-state index in [1.54, 1.807) is 7.11 Å². The molecule has 2 aromatic rings. The lowest BCUT2D eigenvalue weighted by atomic mass is 9.83. The van der Waals surface area contributed by atoms with Gasteiger partial charge >= 0.3 is 0 Å². The molecule has 2 aliphatic rings. The molecule has 38 heavy (non-hydrogen) atoms. The van der Waals surface area contributed by atoms with Crippen molar-refractivity contribution in [1.29, 1.82) is 0 Å². The summed E-state index contributed by atoms with van der Waals surface area (Å²) in [7, 11) is 1.69. The van der Waals surface area contributed by atoms with E-state index in [0.717, 1.165) is 44.1 Å². The maximum absolute atomic E-state index is 12.9. The van der Waals surface area contributed by atoms with Crippen LogP contribution in [0.15, 0.2) is 39.9 Å². The van der Waals surface area contributed by atoms with Crippen molar-refractivity contribution in [2.75, 3.05) is 50.2 Å². The molecule has 8 nitrogen and oxygen atoms in total. The zero-order valence-electron chi connectivity index (χ0n) is 22.8. The van der Waals surface area contributed by atoms with Crippen LogP contribution in [0.1, 0.15) is 69.5 Å². The minimum Gasteiger partial charge on any atom is -0.390 e. The molecule has 4 atom stereocenters. The molecule has 4 N–H and O–H groups in total. The van der Waals surface area contributed by atoms with Crippen LogP contribution in [0.2, 0.25) is 0 Å². The average molecular weight is 528 g/mol. The van der Waals surface area contributed by atoms with Gasteiger partial charge in [0.05, 0.1) is 18.2 Å². The van der Waals surface area contributed by atoms with Gasteiger partial charge < -0.3 is 30.5 Å². The number of hydrogen-bond donors (Lipinski definition) is 3. The smallest absolute Gasteiger partial charge is 0.253 e. The number of anilines is 2. The predicted molar refractivity (Wildman–Crippen MR) is 152 cm³/mol. The van der Waals surface area contributed by atoms with Crippen LogP contribution in [0.5, 0.6) is 0 Å². The first kappa shape index (κ1) is 28.7. The number of benzene rings is 1. The molecule has 0 amide bonds. The highest BCUT2D eigenvalue weighted by Crippen LogP contribution is 2.36. The normalized spacial score (nSPS) is 21.3. The summed E-state index contributed by atoms with van der Waals surface area (Å²) in [4.78, 5) is 27.7. The summed E-state index contributed by atoms with van der Waals surface area (Å²) in [5.41, 5.74) is 6.83. The van der Waals surface area contributed by atoms with Crippen LogP contribution in [-0.4, -0.2) is 57.2 Å². The van der Waals surface area contributed by atoms with E-state index in [1.165, 1.54) is 19.3 Å². The van der Waals surface area contributed by atoms with E-state index < -0.39 is 17.0 Å². The van der Waals surface area contributed by atoms with Gasteiger partial charge in [-0.15, -0.1) is 0 Å². The van der Waals surface area contributed by atoms with Crippen molar-refractivity contribution in [1.82, 2.24) is 0 Å². The molecule has 2 aromatic carbocycles. The number of nitrogens with two attached hydrogens (primary N) is 1. The monoisotopic (exact) mass is 527 g/mol. The van der Waals surface area contributed by atoms with Crippen LogP contribution in [0, 0.1) is 11.8 Å². The molecule has 8 heteroatoms. The van der Waals surface area contributed by atoms with Gasteiger partial charge in [0.15, 0.2) is 0 Å². The lowest BCUT2D eigenvalue weighted by molar-refractivity contribution is -0.00235. The Kier molecular flexibility index (Phi) is 10.8. The van der Waals surface area contributed by atoms with E-state index in [2.05, 4.69) is 22.3 Å². The van der Waals surface area contributed by atoms with Gasteiger partial charge in [-0.2, -0.15) is 0 Å². The van der Waals surface area contributed by atoms with Crippen molar-refractivity contribution in [3.05, 3.63) is 56.3 Å². The summed E-state index contributed by atoms with van der Waals surface area (Å²) in [6, 6.07) is 9.89. The van der Waals surface area contributed by atoms with Gasteiger partial charge in [0, 0.05) is 45.9 Å². The number of nitrogens with one attached hydrogen (secondary N) is 1. The standard InChI is InChI=1S/C30H45N3O5/c1-37-16-9-17-38-30(22-12-6-3-7-13-22)23-14-8-15-33(20-23)27-26(28(35)29(27)36)32-24(25(34)19-31)18-21-10-4-2-5-11-21/h3,6-7,12-13,21,23-25,30,32,34H,2,4-5,8-11,14-20,31H2,1H3/t23?,24-,25+,30-/m0/s1. The molecule has 1 saturated carbocycles. The average Bonchev–Trinajstić information content (AvgIpc) is 2.96. The summed E-state index contributed by atoms with van der Waals surface area (Å²) in [5.74, 6) is 0.678. The maximum atomic E-state index is 12.9. The molecule has 1 aliphatic heterocycles. The first-order valence-electron chi connectivity index (χ1n) is 14.4. The molecular formula is C30H45N3O5. The quantitative estimate of drug-likeness (QED) is 0.253. The van der Waals surface area contributed by atoms with Crippen molar-refractivity contribution < 1.29 is 14.6 Å². The fourth-order valence-corrected chi connectivity index (χ4v) is 6.28. The minimum absolute atomic E-state index is 0.100. The first-order chi connectivity index (χ1) is 18.5. The van der Waals surface area contributed by atoms with E-state index in [4.69, 9.17) is 15.2 Å². The number of nitrogens with zero attached hydrogens (tertiary/aromatic N) is 1. The number of aliphatic hydroxyl groups is 1. The molecule has 210 valence electrons. The van der Waals surface area contributed by atoms with E-state index in [-0.39, 0.29) is 24.6 Å². The second-order valence-electron chi connectivity index (χ2n) is 11.1. The van der Waals surface area contributed by atoms with E-state index >= 15 is 0 Å². The number of ether oxygens (including phenoxy) is 2. The van der Waals surface area contributed by atoms with Crippen molar-refractivity contribution in [3.8, 4) is 0 Å². The highest BCUT2D eigenvalue weighted by Gasteiger charge is 2.35. The zero-order chi connectivity index (χ0) is 26.9. The molecule has 0 radical (unpaired) electrons. The van der Waals surface area contributed by atoms with Crippen molar-refractivity contribution in [3.63, 3.8) is 0 Å². The Balaban J connectivity index is 1.50. The Bertz CT molecular complexity index is 1050. The summed E-state index contributed by atoms with van der Waals surface area (Å²) in [6.45, 7) is 2.70. The van der Waals surface area contributed by atoms with Crippen LogP contribution in [0.25, 0.3) is 0 Å². The summed E-state index contributed by atoms with van der Waals surface area (Å²) in [5, 5.41) is 14.0. The SMILES string of the molecule is COCCCO[C@@H](c1ccccc1)C1CCCN(c2c(N[C@@H](CC3CCCCC3)[C@H](O)CN)c(=O)c2=O)C1. The lowest BCUT2D eigenvalue weighted by Gasteiger charge is -2.39. The fourth-order valence-electron chi connectivity index (χ4n) is 6.28. The van der Waals surface area contributed by atoms with Crippen LogP contribution in [0.3, 0.4) is 0 Å². The molecule has 1 saturated heterocycles. The van der Waals surface area contributed by atoms with E-state index in [0.29, 0.717) is 43.6 Å². The third-order valence-corrected chi connectivity index (χ3v) is 8.35. The number of aliphatic hydroxyl groups excluding tert-OH is 1. The van der Waals surface area contributed by atoms with Crippen molar-refractivity contribution in [2.45, 2.75) is 76.0 Å². The second kappa shape index (κ2) is 14.2. The van der Waals surface area contributed by atoms with E-state index in [9.17, 15) is 14.7 Å². The molecule has 1 unspecified atom stereocenters. The van der Waals surface area contributed by atoms with Gasteiger partial charge in [0.1, 0.15) is 11.4 Å². The van der Waals surface area contributed by atoms with Gasteiger partial charge in [-0.05, 0) is 37.2 Å². The second-order valence-corrected chi connectivity index (χ2v) is 11.1. The van der Waals surface area contributed by atoms with Crippen LogP contribution in [0.4, 0.5) is 11.4 Å². The Morgan fingerprint density at radius 2 is 1.82 bits per heavy atom. The number of hydrogen-bond acceptors (Lipinski definition) is 8. The van der Waals surface area contributed by atoms with E-state index in [1.807, 2.05) is 18.2 Å². The molecule has 4 rings (SSSR count). The number of piperidine rings is 1. The predicted octanol–water partition coefficient (Wildman–Crippen LogP) is 3.36. The highest BCUT2D eigenvalue weighted by molar-refractivity contribution is 5.75. The summed E-state index contributed by atoms with van der Waals surface area (Å²) >= 11 is 0. The fraction of sp³-hybridized carbons (Fsp3) is 0.667. The third kappa shape index (κ3) is 7.03. The Morgan fingerprint density at radius 3 is 2.53 bits per heavy atom. The molecule has 1 aliphatic carbocycles. The van der Waals surface area contributed by atoms with Gasteiger partial charge in [0.25, 0.3) is 10.9 Å². The van der Waals surface area contributed by atoms with Crippen molar-refractivity contribution >= 4 is 11.4 Å². The number of rotatable bonds is 14. The molecule has 0 spiro atoms. The molecule has 1 heterocycles. The summed E-state index contributed by atoms with van der Waals surface area (Å²) < 4.78 is 11.6. The topological polar surface area (TPSA) is 114 Å². The van der Waals surface area contributed by atoms with Gasteiger partial charge in [0.2, 0.25) is 0 Å². The minimum atomic E-state index is -0.772. The molecule has 2 fully saturated rings. The van der Waals surface area contributed by atoms with Gasteiger partial charge in [-0.3, -0.25) is 9.59 Å². The first-order valence-corrected chi connectivity index (χ1v) is 14.4. The zero-order valence-corrected chi connectivity index (χ0v) is 22.8. The molecule has 0 bridgehead atoms. The Morgan fingerprint density at radius 1 is 1.05 bits per heavy atom. The van der Waals surface area contributed by atoms with Gasteiger partial charge in [-0.25, -0.2) is 0 Å². The largest absolute Gasteiger partial charge is 0.390 e. The highest BCUT2D eigenvalue weighted by atomic mass is 16.5. The van der Waals surface area contributed by atoms with Crippen LogP contribution < -0.4 is 26.8 Å². The number of methoxy groups -OCH3 is 1. The lowest BCUT2D eigenvalue weighted by Crippen LogP contribution is -2.50. The Hall–Kier alpha value is -2.26.